The monoisotopic (exact) mass is 57.0 g/mol. The van der Waals surface area contributed by atoms with E-state index in [-0.39, 0.29) is 0 Å². The van der Waals surface area contributed by atoms with Crippen molar-refractivity contribution in [2.45, 2.75) is 0 Å². The molecule has 0 spiro atoms. The minimum absolute atomic E-state index is 1.06. The van der Waals surface area contributed by atoms with Crippen molar-refractivity contribution in [2.75, 3.05) is 6.52 Å². The molecule has 2 N–H and O–H groups in total. The quantitative estimate of drug-likeness (QED) is 0.380. The van der Waals surface area contributed by atoms with Crippen LogP contribution >= 0.6 is 0 Å². The molecule has 0 aromatic heterocycles. The summed E-state index contributed by atoms with van der Waals surface area (Å²) < 4.78 is 6.24. The molecule has 2 heteroatoms. The third kappa shape index (κ3) is 1.45. The van der Waals surface area contributed by atoms with Gasteiger partial charge >= 0.3 is 0 Å². The first kappa shape index (κ1) is 1.74. The van der Waals surface area contributed by atoms with E-state index < -0.39 is 6.52 Å². The molecule has 4 heavy (non-hydrogen) atoms. The number of nitrogens with zero attached hydrogens (tertiary/aromatic N) is 1. The predicted molar refractivity (Wildman–Crippen MR) is 14.7 cm³/mol. The maximum absolute atomic E-state index is 7.58. The van der Waals surface area contributed by atoms with Gasteiger partial charge in [-0.2, -0.15) is 5.26 Å². The Labute approximate surface area is 26.2 Å². The third-order valence-electron chi connectivity index (χ3n) is 0.0745. The van der Waals surface area contributed by atoms with E-state index in [4.69, 9.17) is 6.63 Å². The van der Waals surface area contributed by atoms with Crippen molar-refractivity contribution in [3.05, 3.63) is 0 Å². The van der Waals surface area contributed by atoms with E-state index in [1.54, 1.807) is 0 Å². The largest absolute Gasteiger partial charge is 0.318 e. The Morgan fingerprint density at radius 2 is 2.75 bits per heavy atom. The molecular weight excluding hydrogens is 52.0 g/mol. The second-order valence-electron chi connectivity index (χ2n) is 0.296. The summed E-state index contributed by atoms with van der Waals surface area (Å²) in [5, 5.41) is 7.58. The van der Waals surface area contributed by atoms with Gasteiger partial charge in [0.1, 0.15) is 0 Å². The molecule has 0 saturated carbocycles. The highest BCUT2D eigenvalue weighted by molar-refractivity contribution is 4.67. The summed E-state index contributed by atoms with van der Waals surface area (Å²) in [5.74, 6) is 0. The number of rotatable bonds is 0. The number of nitriles is 1. The second kappa shape index (κ2) is 2.45. The van der Waals surface area contributed by atoms with E-state index in [1.807, 2.05) is 0 Å². The number of nitrogens with two attached hydrogens (primary N) is 1. The normalized spacial score (nSPS) is 16.5. The van der Waals surface area contributed by atoms with Crippen LogP contribution in [0.15, 0.2) is 0 Å². The van der Waals surface area contributed by atoms with Gasteiger partial charge in [-0.15, -0.1) is 0 Å². The fourth-order valence-corrected chi connectivity index (χ4v) is 0. The maximum atomic E-state index is 7.58. The molecule has 0 amide bonds. The van der Waals surface area contributed by atoms with Crippen LogP contribution in [0.5, 0.6) is 0 Å². The highest BCUT2D eigenvalue weighted by Crippen LogP contribution is 1.25. The highest BCUT2D eigenvalue weighted by atomic mass is 14.5. The van der Waals surface area contributed by atoms with Crippen molar-refractivity contribution in [2.24, 2.45) is 5.73 Å². The van der Waals surface area contributed by atoms with Crippen LogP contribution in [0.25, 0.3) is 0 Å². The van der Waals surface area contributed by atoms with Crippen molar-refractivity contribution >= 4 is 0 Å². The zero-order chi connectivity index (χ0) is 4.28. The summed E-state index contributed by atoms with van der Waals surface area (Å²) in [7, 11) is 0. The van der Waals surface area contributed by atoms with Crippen LogP contribution in [0, 0.1) is 11.3 Å². The number of hydrogen-bond donors (Lipinski definition) is 1. The average molecular weight is 57.1 g/mol. The van der Waals surface area contributed by atoms with Gasteiger partial charge < -0.3 is 5.73 Å². The Bertz CT molecular complexity index is 53.2. The predicted octanol–water partition coefficient (Wildman–Crippen LogP) is -0.531. The molecule has 1 unspecified atom stereocenters. The molecule has 0 radical (unpaired) electrons. The van der Waals surface area contributed by atoms with Crippen molar-refractivity contribution < 1.29 is 1.37 Å². The van der Waals surface area contributed by atoms with Crippen LogP contribution in [-0.4, -0.2) is 6.52 Å². The zero-order valence-electron chi connectivity index (χ0n) is 3.10. The Balaban J connectivity index is 2.94. The first-order chi connectivity index (χ1) is 2.27. The van der Waals surface area contributed by atoms with Gasteiger partial charge in [0.15, 0.2) is 0 Å². The topological polar surface area (TPSA) is 49.8 Å². The zero-order valence-corrected chi connectivity index (χ0v) is 2.10. The third-order valence-corrected chi connectivity index (χ3v) is 0.0745. The molecule has 1 atom stereocenters. The van der Waals surface area contributed by atoms with Gasteiger partial charge in [-0.25, -0.2) is 0 Å². The lowest BCUT2D eigenvalue weighted by atomic mass is 10.8. The van der Waals surface area contributed by atoms with Crippen LogP contribution in [0.2, 0.25) is 0 Å². The summed E-state index contributed by atoms with van der Waals surface area (Å²) in [4.78, 5) is 0. The van der Waals surface area contributed by atoms with Crippen molar-refractivity contribution in [1.29, 1.82) is 5.26 Å². The van der Waals surface area contributed by atoms with Gasteiger partial charge in [0.05, 0.1) is 14.0 Å². The van der Waals surface area contributed by atoms with Gasteiger partial charge in [0.25, 0.3) is 0 Å². The minimum Gasteiger partial charge on any atom is -0.318 e. The van der Waals surface area contributed by atoms with Gasteiger partial charge in [-0.05, 0) is 0 Å². The molecule has 0 bridgehead atoms. The molecular formula is C2H4N2. The molecule has 0 fully saturated rings. The van der Waals surface area contributed by atoms with E-state index in [9.17, 15) is 0 Å². The molecule has 22 valence electrons. The molecule has 0 aliphatic heterocycles. The van der Waals surface area contributed by atoms with Crippen molar-refractivity contribution in [3.8, 4) is 6.07 Å². The van der Waals surface area contributed by atoms with E-state index in [0.717, 1.165) is 0 Å². The van der Waals surface area contributed by atoms with Gasteiger partial charge in [0, 0.05) is 0 Å². The van der Waals surface area contributed by atoms with Crippen LogP contribution in [0.4, 0.5) is 0 Å². The van der Waals surface area contributed by atoms with E-state index in [2.05, 4.69) is 5.73 Å². The van der Waals surface area contributed by atoms with Gasteiger partial charge in [-0.3, -0.25) is 0 Å². The summed E-state index contributed by atoms with van der Waals surface area (Å²) >= 11 is 0. The Morgan fingerprint density at radius 3 is 2.75 bits per heavy atom. The maximum Gasteiger partial charge on any atom is 0.0815 e. The standard InChI is InChI=1S/C2H4N2/c3-1-2-4/h1,3H2/i1D. The summed E-state index contributed by atoms with van der Waals surface area (Å²) in [6.07, 6.45) is 0. The van der Waals surface area contributed by atoms with E-state index in [0.29, 0.717) is 0 Å². The van der Waals surface area contributed by atoms with Crippen molar-refractivity contribution in [1.82, 2.24) is 0 Å². The van der Waals surface area contributed by atoms with E-state index in [1.165, 1.54) is 6.07 Å². The lowest BCUT2D eigenvalue weighted by Crippen LogP contribution is -1.91. The molecule has 0 saturated heterocycles. The van der Waals surface area contributed by atoms with Crippen molar-refractivity contribution in [3.63, 3.8) is 0 Å². The molecule has 0 aromatic carbocycles. The molecule has 0 aromatic rings. The van der Waals surface area contributed by atoms with Gasteiger partial charge in [-0.1, -0.05) is 0 Å². The van der Waals surface area contributed by atoms with E-state index >= 15 is 0 Å². The fraction of sp³-hybridized carbons (Fsp3) is 0.500. The Kier molecular flexibility index (Phi) is 1.07. The lowest BCUT2D eigenvalue weighted by molar-refractivity contribution is 1.25. The Morgan fingerprint density at radius 1 is 2.50 bits per heavy atom. The summed E-state index contributed by atoms with van der Waals surface area (Å²) in [6, 6.07) is 1.47. The van der Waals surface area contributed by atoms with Crippen LogP contribution in [0.1, 0.15) is 1.37 Å². The SMILES string of the molecule is [2H]C(N)C#N. The minimum atomic E-state index is -1.06. The van der Waals surface area contributed by atoms with Gasteiger partial charge in [0.2, 0.25) is 0 Å². The molecule has 0 aliphatic rings. The molecule has 0 heterocycles. The molecule has 2 nitrogen and oxygen atoms in total. The van der Waals surface area contributed by atoms with Crippen LogP contribution < -0.4 is 5.73 Å². The fourth-order valence-electron chi connectivity index (χ4n) is 0. The summed E-state index contributed by atoms with van der Waals surface area (Å²) in [6.45, 7) is -1.06. The van der Waals surface area contributed by atoms with Crippen LogP contribution in [-0.2, 0) is 0 Å². The summed E-state index contributed by atoms with van der Waals surface area (Å²) in [5.41, 5.74) is 4.60. The highest BCUT2D eigenvalue weighted by Gasteiger charge is 1.48. The first-order valence-corrected chi connectivity index (χ1v) is 0.846. The lowest BCUT2D eigenvalue weighted by Gasteiger charge is -1.51. The smallest absolute Gasteiger partial charge is 0.0815 e. The molecule has 0 aliphatic carbocycles. The van der Waals surface area contributed by atoms with Crippen LogP contribution in [0.3, 0.4) is 0 Å². The molecule has 0 rings (SSSR count). The average Bonchev–Trinajstić information content (AvgIpc) is 1.38. The Hall–Kier alpha value is -0.550. The number of hydrogen-bond acceptors (Lipinski definition) is 2. The second-order valence-corrected chi connectivity index (χ2v) is 0.296. The first-order valence-electron chi connectivity index (χ1n) is 1.42.